The Morgan fingerprint density at radius 3 is 2.54 bits per heavy atom. The van der Waals surface area contributed by atoms with Gasteiger partial charge in [-0.15, -0.1) is 0 Å². The number of carbonyl (C=O) groups is 3. The second-order valence-electron chi connectivity index (χ2n) is 7.29. The average Bonchev–Trinajstić information content (AvgIpc) is 2.48. The summed E-state index contributed by atoms with van der Waals surface area (Å²) in [5.74, 6) is -2.02. The molecule has 3 atom stereocenters. The van der Waals surface area contributed by atoms with E-state index in [0.717, 1.165) is 9.48 Å². The summed E-state index contributed by atoms with van der Waals surface area (Å²) in [6.07, 6.45) is -0.0145. The quantitative estimate of drug-likeness (QED) is 0.558. The number of carbonyl (C=O) groups excluding carboxylic acids is 3. The molecule has 2 rings (SSSR count). The first-order chi connectivity index (χ1) is 11.0. The summed E-state index contributed by atoms with van der Waals surface area (Å²) >= 11 is 0. The number of morpholine rings is 1. The number of urea groups is 1. The lowest BCUT2D eigenvalue weighted by Crippen LogP contribution is -2.62. The minimum atomic E-state index is -1.13. The van der Waals surface area contributed by atoms with Gasteiger partial charge < -0.3 is 10.5 Å². The van der Waals surface area contributed by atoms with Gasteiger partial charge in [-0.3, -0.25) is 14.5 Å². The van der Waals surface area contributed by atoms with Gasteiger partial charge in [-0.2, -0.15) is 4.90 Å². The molecule has 8 nitrogen and oxygen atoms in total. The zero-order valence-corrected chi connectivity index (χ0v) is 15.2. The molecule has 0 aromatic rings. The Morgan fingerprint density at radius 1 is 1.42 bits per heavy atom. The predicted octanol–water partition coefficient (Wildman–Crippen LogP) is -0.349. The molecule has 24 heavy (non-hydrogen) atoms. The van der Waals surface area contributed by atoms with E-state index < -0.39 is 23.9 Å². The second-order valence-corrected chi connectivity index (χ2v) is 7.29. The Morgan fingerprint density at radius 2 is 2.00 bits per heavy atom. The molecular formula is C16H27N4O4+. The van der Waals surface area contributed by atoms with E-state index in [1.165, 1.54) is 14.1 Å². The fourth-order valence-corrected chi connectivity index (χ4v) is 3.43. The lowest BCUT2D eigenvalue weighted by Gasteiger charge is -2.44. The Labute approximate surface area is 142 Å². The molecule has 2 heterocycles. The van der Waals surface area contributed by atoms with E-state index in [0.29, 0.717) is 13.1 Å². The molecule has 3 amide bonds. The average molecular weight is 339 g/mol. The van der Waals surface area contributed by atoms with Gasteiger partial charge in [0, 0.05) is 13.1 Å². The molecule has 2 aliphatic heterocycles. The fraction of sp³-hybridized carbons (Fsp3) is 0.750. The van der Waals surface area contributed by atoms with Crippen molar-refractivity contribution in [3.05, 3.63) is 0 Å². The molecule has 2 N–H and O–H groups in total. The highest BCUT2D eigenvalue weighted by Crippen LogP contribution is 2.24. The fourth-order valence-electron chi connectivity index (χ4n) is 3.43. The molecule has 1 fully saturated rings. The molecule has 0 spiro atoms. The van der Waals surface area contributed by atoms with Crippen molar-refractivity contribution < 1.29 is 23.7 Å². The number of amides is 3. The highest BCUT2D eigenvalue weighted by Gasteiger charge is 2.49. The highest BCUT2D eigenvalue weighted by molar-refractivity contribution is 6.23. The molecule has 0 aromatic carbocycles. The van der Waals surface area contributed by atoms with Gasteiger partial charge in [0.15, 0.2) is 11.7 Å². The van der Waals surface area contributed by atoms with Gasteiger partial charge in [0.1, 0.15) is 0 Å². The maximum Gasteiger partial charge on any atom is 0.445 e. The Bertz CT molecular complexity index is 613. The normalized spacial score (nSPS) is 29.8. The molecule has 0 radical (unpaired) electrons. The minimum absolute atomic E-state index is 0.0134. The van der Waals surface area contributed by atoms with Crippen LogP contribution >= 0.6 is 0 Å². The third kappa shape index (κ3) is 3.21. The summed E-state index contributed by atoms with van der Waals surface area (Å²) < 4.78 is 7.01. The van der Waals surface area contributed by atoms with Crippen molar-refractivity contribution in [2.24, 2.45) is 11.7 Å². The van der Waals surface area contributed by atoms with E-state index >= 15 is 0 Å². The van der Waals surface area contributed by atoms with E-state index in [2.05, 4.69) is 0 Å². The smallest absolute Gasteiger partial charge is 0.370 e. The van der Waals surface area contributed by atoms with Crippen LogP contribution in [-0.2, 0) is 14.3 Å². The van der Waals surface area contributed by atoms with Crippen LogP contribution in [-0.4, -0.2) is 82.9 Å². The number of amidine groups is 1. The summed E-state index contributed by atoms with van der Waals surface area (Å²) in [5.41, 5.74) is 5.55. The van der Waals surface area contributed by atoms with Crippen LogP contribution in [0.4, 0.5) is 4.79 Å². The number of rotatable bonds is 3. The van der Waals surface area contributed by atoms with Crippen LogP contribution in [0.25, 0.3) is 0 Å². The van der Waals surface area contributed by atoms with Gasteiger partial charge in [-0.25, -0.2) is 9.37 Å². The molecular weight excluding hydrogens is 312 g/mol. The molecule has 3 unspecified atom stereocenters. The number of hydrogen-bond acceptors (Lipinski definition) is 6. The van der Waals surface area contributed by atoms with E-state index in [-0.39, 0.29) is 23.3 Å². The van der Waals surface area contributed by atoms with Crippen molar-refractivity contribution >= 4 is 23.6 Å². The van der Waals surface area contributed by atoms with E-state index in [1.54, 1.807) is 6.92 Å². The molecule has 2 aliphatic rings. The van der Waals surface area contributed by atoms with Crippen LogP contribution in [0.5, 0.6) is 0 Å². The maximum absolute atomic E-state index is 13.0. The standard InChI is InChI=1S/C16H26N4O4/c1-9-7-20(8-16(3,4)24-9)10(2)12(21)11-13(17)18(5)15(23)19(6)14(11)22/h9-11,17H,7-8H2,1-6H3/p+1. The largest absolute Gasteiger partial charge is 0.445 e. The Balaban J connectivity index is 2.27. The molecule has 1 saturated heterocycles. The van der Waals surface area contributed by atoms with Gasteiger partial charge in [0.05, 0.1) is 31.8 Å². The van der Waals surface area contributed by atoms with Gasteiger partial charge in [0.2, 0.25) is 5.84 Å². The van der Waals surface area contributed by atoms with Crippen LogP contribution in [0.1, 0.15) is 27.7 Å². The molecule has 0 bridgehead atoms. The summed E-state index contributed by atoms with van der Waals surface area (Å²) in [6.45, 7) is 8.85. The number of imide groups is 1. The lowest BCUT2D eigenvalue weighted by atomic mass is 9.92. The summed E-state index contributed by atoms with van der Waals surface area (Å²) in [5, 5.41) is 0. The van der Waals surface area contributed by atoms with Crippen LogP contribution in [0.15, 0.2) is 0 Å². The van der Waals surface area contributed by atoms with Crippen LogP contribution in [0.2, 0.25) is 0 Å². The number of nitrogens with two attached hydrogens (primary N) is 1. The lowest BCUT2D eigenvalue weighted by molar-refractivity contribution is -0.407. The molecule has 134 valence electrons. The second kappa shape index (κ2) is 6.25. The first-order valence-electron chi connectivity index (χ1n) is 8.09. The topological polar surface area (TPSA) is 96.0 Å². The number of Topliss-reactive ketones (excluding diaryl/α,β-unsaturated/α-hetero) is 1. The van der Waals surface area contributed by atoms with Crippen LogP contribution in [0, 0.1) is 5.92 Å². The van der Waals surface area contributed by atoms with Crippen molar-refractivity contribution in [1.29, 1.82) is 0 Å². The molecule has 0 aromatic heterocycles. The molecule has 0 aliphatic carbocycles. The zero-order chi connectivity index (χ0) is 18.4. The van der Waals surface area contributed by atoms with Crippen LogP contribution < -0.4 is 5.73 Å². The first kappa shape index (κ1) is 18.5. The van der Waals surface area contributed by atoms with Crippen molar-refractivity contribution in [1.82, 2.24) is 9.80 Å². The minimum Gasteiger partial charge on any atom is -0.370 e. The number of hydrogen-bond donors (Lipinski definition) is 1. The van der Waals surface area contributed by atoms with Crippen molar-refractivity contribution in [3.8, 4) is 0 Å². The Kier molecular flexibility index (Phi) is 4.83. The van der Waals surface area contributed by atoms with E-state index in [1.807, 2.05) is 25.7 Å². The van der Waals surface area contributed by atoms with Gasteiger partial charge in [-0.1, -0.05) is 0 Å². The third-order valence-electron chi connectivity index (χ3n) is 4.67. The SMILES string of the molecule is CC1CN(C(C)C(=O)C2C(=O)N(C)C(=O)[N+](C)=C2N)CC(C)(C)O1. The summed E-state index contributed by atoms with van der Waals surface area (Å²) in [6, 6.07) is -1.03. The predicted molar refractivity (Wildman–Crippen MR) is 87.7 cm³/mol. The summed E-state index contributed by atoms with van der Waals surface area (Å²) in [7, 11) is 2.82. The summed E-state index contributed by atoms with van der Waals surface area (Å²) in [4.78, 5) is 40.2. The molecule has 0 saturated carbocycles. The van der Waals surface area contributed by atoms with Gasteiger partial charge >= 0.3 is 11.9 Å². The molecule has 8 heteroatoms. The monoisotopic (exact) mass is 339 g/mol. The Hall–Kier alpha value is -1.80. The van der Waals surface area contributed by atoms with Crippen molar-refractivity contribution in [2.45, 2.75) is 45.4 Å². The first-order valence-corrected chi connectivity index (χ1v) is 8.09. The van der Waals surface area contributed by atoms with Gasteiger partial charge in [0.25, 0.3) is 0 Å². The highest BCUT2D eigenvalue weighted by atomic mass is 16.5. The van der Waals surface area contributed by atoms with Crippen molar-refractivity contribution in [2.75, 3.05) is 27.2 Å². The maximum atomic E-state index is 13.0. The number of ether oxygens (including phenoxy) is 1. The number of ketones is 1. The zero-order valence-electron chi connectivity index (χ0n) is 15.2. The van der Waals surface area contributed by atoms with Crippen molar-refractivity contribution in [3.63, 3.8) is 0 Å². The van der Waals surface area contributed by atoms with Crippen LogP contribution in [0.3, 0.4) is 0 Å². The van der Waals surface area contributed by atoms with Gasteiger partial charge in [-0.05, 0) is 27.7 Å². The number of nitrogens with zero attached hydrogens (tertiary/aromatic N) is 3. The van der Waals surface area contributed by atoms with E-state index in [4.69, 9.17) is 10.5 Å². The third-order valence-corrected chi connectivity index (χ3v) is 4.67. The van der Waals surface area contributed by atoms with E-state index in [9.17, 15) is 14.4 Å².